The number of nitrogens with zero attached hydrogens (tertiary/aromatic N) is 4. The van der Waals surface area contributed by atoms with E-state index in [2.05, 4.69) is 19.8 Å². The molecule has 0 amide bonds. The maximum Gasteiger partial charge on any atom is 0.382 e. The fourth-order valence-electron chi connectivity index (χ4n) is 2.08. The molecule has 22 heavy (non-hydrogen) atoms. The van der Waals surface area contributed by atoms with Crippen molar-refractivity contribution >= 4 is 17.6 Å². The fraction of sp³-hybridized carbons (Fsp3) is 0.385. The van der Waals surface area contributed by atoms with Gasteiger partial charge in [0, 0.05) is 6.07 Å². The van der Waals surface area contributed by atoms with Crippen molar-refractivity contribution in [2.24, 2.45) is 0 Å². The number of hydrogen-bond acceptors (Lipinski definition) is 5. The number of ether oxygens (including phenoxy) is 1. The maximum atomic E-state index is 14.3. The average molecular weight is 331 g/mol. The number of hydrogen-bond donors (Lipinski definition) is 0. The van der Waals surface area contributed by atoms with Crippen molar-refractivity contribution in [3.8, 4) is 5.82 Å². The fourth-order valence-corrected chi connectivity index (χ4v) is 2.23. The number of rotatable bonds is 4. The summed E-state index contributed by atoms with van der Waals surface area (Å²) >= 11 is 5.76. The van der Waals surface area contributed by atoms with E-state index in [9.17, 15) is 13.6 Å². The lowest BCUT2D eigenvalue weighted by Gasteiger charge is -2.15. The van der Waals surface area contributed by atoms with Crippen LogP contribution in [0.25, 0.3) is 5.82 Å². The van der Waals surface area contributed by atoms with Crippen molar-refractivity contribution in [3.63, 3.8) is 0 Å². The number of alkyl halides is 2. The monoisotopic (exact) mass is 330 g/mol. The molecular weight excluding hydrogens is 318 g/mol. The van der Waals surface area contributed by atoms with Gasteiger partial charge in [0.1, 0.15) is 11.5 Å². The van der Waals surface area contributed by atoms with Crippen LogP contribution in [0.5, 0.6) is 0 Å². The van der Waals surface area contributed by atoms with Crippen LogP contribution in [-0.2, 0) is 15.5 Å². The molecule has 6 nitrogen and oxygen atoms in total. The van der Waals surface area contributed by atoms with Crippen LogP contribution in [0, 0.1) is 13.8 Å². The third-order valence-corrected chi connectivity index (χ3v) is 3.18. The second-order valence-corrected chi connectivity index (χ2v) is 4.84. The van der Waals surface area contributed by atoms with Crippen molar-refractivity contribution < 1.29 is 18.3 Å². The van der Waals surface area contributed by atoms with Crippen LogP contribution >= 0.6 is 11.6 Å². The van der Waals surface area contributed by atoms with Gasteiger partial charge in [-0.05, 0) is 20.8 Å². The molecule has 0 spiro atoms. The summed E-state index contributed by atoms with van der Waals surface area (Å²) in [6.45, 7) is 4.12. The SMILES string of the molecule is CCOC(=O)C(F)(F)c1c(C)nn(-c2cc(Cl)ncn2)c1C. The molecule has 9 heteroatoms. The highest BCUT2D eigenvalue weighted by Crippen LogP contribution is 2.35. The van der Waals surface area contributed by atoms with Crippen molar-refractivity contribution in [1.29, 1.82) is 0 Å². The number of carbonyl (C=O) groups is 1. The zero-order chi connectivity index (χ0) is 16.5. The quantitative estimate of drug-likeness (QED) is 0.636. The zero-order valence-electron chi connectivity index (χ0n) is 12.1. The van der Waals surface area contributed by atoms with Crippen LogP contribution in [0.2, 0.25) is 5.15 Å². The minimum Gasteiger partial charge on any atom is -0.461 e. The molecule has 2 rings (SSSR count). The van der Waals surface area contributed by atoms with E-state index >= 15 is 0 Å². The van der Waals surface area contributed by atoms with E-state index in [1.165, 1.54) is 37.8 Å². The minimum atomic E-state index is -3.79. The van der Waals surface area contributed by atoms with E-state index in [1.807, 2.05) is 0 Å². The van der Waals surface area contributed by atoms with E-state index in [0.29, 0.717) is 0 Å². The number of aryl methyl sites for hydroxylation is 1. The van der Waals surface area contributed by atoms with Gasteiger partial charge in [0.2, 0.25) is 0 Å². The van der Waals surface area contributed by atoms with Crippen molar-refractivity contribution in [2.75, 3.05) is 6.61 Å². The Bertz CT molecular complexity index is 718. The Hall–Kier alpha value is -2.09. The van der Waals surface area contributed by atoms with E-state index < -0.39 is 17.5 Å². The number of carbonyl (C=O) groups excluding carboxylic acids is 1. The molecule has 2 aromatic rings. The summed E-state index contributed by atoms with van der Waals surface area (Å²) in [7, 11) is 0. The van der Waals surface area contributed by atoms with E-state index in [1.54, 1.807) is 0 Å². The Morgan fingerprint density at radius 3 is 2.68 bits per heavy atom. The zero-order valence-corrected chi connectivity index (χ0v) is 12.9. The molecular formula is C13H13ClF2N4O2. The van der Waals surface area contributed by atoms with Gasteiger partial charge in [-0.1, -0.05) is 11.6 Å². The molecule has 0 aliphatic rings. The summed E-state index contributed by atoms with van der Waals surface area (Å²) in [5.41, 5.74) is -0.420. The van der Waals surface area contributed by atoms with E-state index in [4.69, 9.17) is 11.6 Å². The van der Waals surface area contributed by atoms with Crippen molar-refractivity contribution in [2.45, 2.75) is 26.7 Å². The summed E-state index contributed by atoms with van der Waals surface area (Å²) in [6, 6.07) is 1.38. The molecule has 0 radical (unpaired) electrons. The molecule has 0 aliphatic carbocycles. The van der Waals surface area contributed by atoms with Gasteiger partial charge in [-0.25, -0.2) is 19.4 Å². The molecule has 0 saturated heterocycles. The second-order valence-electron chi connectivity index (χ2n) is 4.45. The molecule has 118 valence electrons. The van der Waals surface area contributed by atoms with Crippen LogP contribution in [0.15, 0.2) is 12.4 Å². The molecule has 0 saturated carbocycles. The highest BCUT2D eigenvalue weighted by Gasteiger charge is 2.47. The Kier molecular flexibility index (Phi) is 4.41. The molecule has 0 bridgehead atoms. The Balaban J connectivity index is 2.54. The molecule has 2 aromatic heterocycles. The van der Waals surface area contributed by atoms with Crippen molar-refractivity contribution in [3.05, 3.63) is 34.5 Å². The highest BCUT2D eigenvalue weighted by atomic mass is 35.5. The first-order chi connectivity index (χ1) is 10.3. The van der Waals surface area contributed by atoms with Crippen LogP contribution in [0.1, 0.15) is 23.9 Å². The number of esters is 1. The van der Waals surface area contributed by atoms with Gasteiger partial charge >= 0.3 is 11.9 Å². The Morgan fingerprint density at radius 1 is 1.41 bits per heavy atom. The van der Waals surface area contributed by atoms with E-state index in [-0.39, 0.29) is 29.0 Å². The summed E-state index contributed by atoms with van der Waals surface area (Å²) in [4.78, 5) is 19.2. The molecule has 0 aromatic carbocycles. The molecule has 0 fully saturated rings. The lowest BCUT2D eigenvalue weighted by molar-refractivity contribution is -0.173. The lowest BCUT2D eigenvalue weighted by atomic mass is 10.1. The minimum absolute atomic E-state index is 0.00490. The Labute approximate surface area is 130 Å². The highest BCUT2D eigenvalue weighted by molar-refractivity contribution is 6.29. The van der Waals surface area contributed by atoms with Gasteiger partial charge in [0.05, 0.1) is 23.6 Å². The average Bonchev–Trinajstić information content (AvgIpc) is 2.74. The normalized spacial score (nSPS) is 11.5. The second kappa shape index (κ2) is 5.96. The molecule has 0 unspecified atom stereocenters. The molecule has 2 heterocycles. The number of aromatic nitrogens is 4. The first-order valence-corrected chi connectivity index (χ1v) is 6.76. The first-order valence-electron chi connectivity index (χ1n) is 6.38. The Morgan fingerprint density at radius 2 is 2.09 bits per heavy atom. The summed E-state index contributed by atoms with van der Waals surface area (Å²) < 4.78 is 34.2. The summed E-state index contributed by atoms with van der Waals surface area (Å²) in [6.07, 6.45) is 1.19. The predicted octanol–water partition coefficient (Wildman–Crippen LogP) is 2.59. The third-order valence-electron chi connectivity index (χ3n) is 2.97. The van der Waals surface area contributed by atoms with Crippen LogP contribution in [0.4, 0.5) is 8.78 Å². The number of halogens is 3. The van der Waals surface area contributed by atoms with Gasteiger partial charge in [-0.2, -0.15) is 13.9 Å². The standard InChI is InChI=1S/C13H13ClF2N4O2/c1-4-22-12(21)13(15,16)11-7(2)19-20(8(11)3)10-5-9(14)17-6-18-10/h5-6H,4H2,1-3H3. The summed E-state index contributed by atoms with van der Waals surface area (Å²) in [5.74, 6) is -5.17. The van der Waals surface area contributed by atoms with Crippen LogP contribution in [0.3, 0.4) is 0 Å². The molecule has 0 N–H and O–H groups in total. The van der Waals surface area contributed by atoms with Gasteiger partial charge < -0.3 is 4.74 Å². The van der Waals surface area contributed by atoms with Crippen LogP contribution in [-0.4, -0.2) is 32.3 Å². The van der Waals surface area contributed by atoms with Gasteiger partial charge in [-0.3, -0.25) is 0 Å². The van der Waals surface area contributed by atoms with Gasteiger partial charge in [0.15, 0.2) is 5.82 Å². The first kappa shape index (κ1) is 16.3. The third kappa shape index (κ3) is 2.78. The summed E-state index contributed by atoms with van der Waals surface area (Å²) in [5, 5.41) is 4.16. The molecule has 0 atom stereocenters. The van der Waals surface area contributed by atoms with Crippen molar-refractivity contribution in [1.82, 2.24) is 19.7 Å². The lowest BCUT2D eigenvalue weighted by Crippen LogP contribution is -2.29. The maximum absolute atomic E-state index is 14.3. The van der Waals surface area contributed by atoms with Gasteiger partial charge in [0.25, 0.3) is 0 Å². The largest absolute Gasteiger partial charge is 0.461 e. The van der Waals surface area contributed by atoms with Crippen LogP contribution < -0.4 is 0 Å². The molecule has 0 aliphatic heterocycles. The predicted molar refractivity (Wildman–Crippen MR) is 74.2 cm³/mol. The van der Waals surface area contributed by atoms with Gasteiger partial charge in [-0.15, -0.1) is 0 Å². The van der Waals surface area contributed by atoms with E-state index in [0.717, 1.165) is 0 Å². The topological polar surface area (TPSA) is 69.9 Å². The smallest absolute Gasteiger partial charge is 0.382 e.